The van der Waals surface area contributed by atoms with Crippen LogP contribution in [-0.4, -0.2) is 31.9 Å². The third-order valence-electron chi connectivity index (χ3n) is 2.90. The molecule has 1 N–H and O–H groups in total. The Hall–Kier alpha value is -2.53. The van der Waals surface area contributed by atoms with Crippen molar-refractivity contribution in [1.29, 1.82) is 0 Å². The predicted molar refractivity (Wildman–Crippen MR) is 77.0 cm³/mol. The summed E-state index contributed by atoms with van der Waals surface area (Å²) in [4.78, 5) is 12.5. The van der Waals surface area contributed by atoms with E-state index in [-0.39, 0.29) is 18.3 Å². The first-order valence-electron chi connectivity index (χ1n) is 6.29. The fourth-order valence-electron chi connectivity index (χ4n) is 1.83. The smallest absolute Gasteiger partial charge is 0.196 e. The third kappa shape index (κ3) is 3.52. The Morgan fingerprint density at radius 1 is 1.10 bits per heavy atom. The van der Waals surface area contributed by atoms with E-state index in [4.69, 9.17) is 14.2 Å². The van der Waals surface area contributed by atoms with Crippen molar-refractivity contribution in [3.8, 4) is 17.2 Å². The number of methoxy groups -OCH3 is 2. The number of carbonyl (C=O) groups is 1. The van der Waals surface area contributed by atoms with Gasteiger partial charge < -0.3 is 19.3 Å². The van der Waals surface area contributed by atoms with Crippen molar-refractivity contribution in [2.75, 3.05) is 21.0 Å². The van der Waals surface area contributed by atoms with Gasteiger partial charge in [-0.3, -0.25) is 4.79 Å². The van der Waals surface area contributed by atoms with Crippen LogP contribution in [0.3, 0.4) is 0 Å². The average Bonchev–Trinajstić information content (AvgIpc) is 2.52. The van der Waals surface area contributed by atoms with E-state index in [1.165, 1.54) is 26.4 Å². The number of aromatic hydroxyl groups is 1. The van der Waals surface area contributed by atoms with Crippen LogP contribution in [0, 0.1) is 0 Å². The molecule has 0 unspecified atom stereocenters. The summed E-state index contributed by atoms with van der Waals surface area (Å²) >= 11 is 0. The zero-order valence-corrected chi connectivity index (χ0v) is 11.8. The molecule has 0 saturated carbocycles. The Balaban J connectivity index is 2.36. The van der Waals surface area contributed by atoms with Crippen LogP contribution in [0.25, 0.3) is 0 Å². The van der Waals surface area contributed by atoms with Gasteiger partial charge in [-0.1, -0.05) is 0 Å². The highest BCUT2D eigenvalue weighted by Gasteiger charge is 2.16. The number of ether oxygens (including phenoxy) is 3. The summed E-state index contributed by atoms with van der Waals surface area (Å²) in [5.41, 5.74) is 0.860. The fourth-order valence-corrected chi connectivity index (χ4v) is 1.83. The van der Waals surface area contributed by atoms with E-state index in [0.29, 0.717) is 22.6 Å². The second-order valence-corrected chi connectivity index (χ2v) is 4.29. The van der Waals surface area contributed by atoms with Gasteiger partial charge in [0.15, 0.2) is 12.6 Å². The topological polar surface area (TPSA) is 65.0 Å². The normalized spacial score (nSPS) is 10.2. The minimum atomic E-state index is -0.205. The van der Waals surface area contributed by atoms with Crippen molar-refractivity contribution in [3.05, 3.63) is 53.6 Å². The molecule has 0 spiro atoms. The van der Waals surface area contributed by atoms with Gasteiger partial charge in [0.2, 0.25) is 0 Å². The van der Waals surface area contributed by atoms with Crippen molar-refractivity contribution in [2.24, 2.45) is 0 Å². The lowest BCUT2D eigenvalue weighted by Crippen LogP contribution is -2.07. The SMILES string of the molecule is COCOc1cc(OC)ccc1C(=O)c1ccc(O)cc1. The van der Waals surface area contributed by atoms with Gasteiger partial charge in [-0.25, -0.2) is 0 Å². The maximum absolute atomic E-state index is 12.5. The summed E-state index contributed by atoms with van der Waals surface area (Å²) in [6, 6.07) is 11.0. The number of hydrogen-bond acceptors (Lipinski definition) is 5. The highest BCUT2D eigenvalue weighted by atomic mass is 16.7. The molecular formula is C16H16O5. The van der Waals surface area contributed by atoms with E-state index >= 15 is 0 Å². The Bertz CT molecular complexity index is 619. The first-order chi connectivity index (χ1) is 10.2. The molecule has 0 bridgehead atoms. The summed E-state index contributed by atoms with van der Waals surface area (Å²) in [5, 5.41) is 9.28. The first-order valence-corrected chi connectivity index (χ1v) is 6.29. The molecular weight excluding hydrogens is 272 g/mol. The Morgan fingerprint density at radius 3 is 2.43 bits per heavy atom. The fraction of sp³-hybridized carbons (Fsp3) is 0.188. The lowest BCUT2D eigenvalue weighted by molar-refractivity contribution is 0.0502. The van der Waals surface area contributed by atoms with Crippen LogP contribution >= 0.6 is 0 Å². The lowest BCUT2D eigenvalue weighted by atomic mass is 10.0. The zero-order valence-electron chi connectivity index (χ0n) is 11.8. The average molecular weight is 288 g/mol. The number of ketones is 1. The number of phenols is 1. The van der Waals surface area contributed by atoms with E-state index in [0.717, 1.165) is 0 Å². The summed E-state index contributed by atoms with van der Waals surface area (Å²) in [6.07, 6.45) is 0. The van der Waals surface area contributed by atoms with Gasteiger partial charge in [0.1, 0.15) is 17.2 Å². The molecule has 0 heterocycles. The molecule has 5 nitrogen and oxygen atoms in total. The van der Waals surface area contributed by atoms with Gasteiger partial charge >= 0.3 is 0 Å². The second kappa shape index (κ2) is 6.76. The number of carbonyl (C=O) groups excluding carboxylic acids is 1. The molecule has 0 aliphatic heterocycles. The number of phenolic OH excluding ortho intramolecular Hbond substituents is 1. The van der Waals surface area contributed by atoms with Crippen LogP contribution < -0.4 is 9.47 Å². The van der Waals surface area contributed by atoms with Gasteiger partial charge in [-0.05, 0) is 36.4 Å². The van der Waals surface area contributed by atoms with Crippen LogP contribution in [0.15, 0.2) is 42.5 Å². The van der Waals surface area contributed by atoms with Gasteiger partial charge in [0, 0.05) is 18.7 Å². The molecule has 0 atom stereocenters. The number of rotatable bonds is 6. The lowest BCUT2D eigenvalue weighted by Gasteiger charge is -2.12. The summed E-state index contributed by atoms with van der Waals surface area (Å²) in [7, 11) is 3.04. The Labute approximate surface area is 122 Å². The molecule has 5 heteroatoms. The van der Waals surface area contributed by atoms with Crippen LogP contribution in [-0.2, 0) is 4.74 Å². The molecule has 2 aromatic rings. The monoisotopic (exact) mass is 288 g/mol. The van der Waals surface area contributed by atoms with Crippen molar-refractivity contribution in [3.63, 3.8) is 0 Å². The minimum Gasteiger partial charge on any atom is -0.508 e. The molecule has 0 radical (unpaired) electrons. The second-order valence-electron chi connectivity index (χ2n) is 4.29. The van der Waals surface area contributed by atoms with E-state index in [2.05, 4.69) is 0 Å². The standard InChI is InChI=1S/C16H16O5/c1-19-10-21-15-9-13(20-2)7-8-14(15)16(18)11-3-5-12(17)6-4-11/h3-9,17H,10H2,1-2H3. The van der Waals surface area contributed by atoms with E-state index < -0.39 is 0 Å². The zero-order chi connectivity index (χ0) is 15.2. The number of benzene rings is 2. The van der Waals surface area contributed by atoms with E-state index in [1.807, 2.05) is 0 Å². The van der Waals surface area contributed by atoms with Crippen molar-refractivity contribution in [2.45, 2.75) is 0 Å². The third-order valence-corrected chi connectivity index (χ3v) is 2.90. The van der Waals surface area contributed by atoms with Crippen LogP contribution in [0.2, 0.25) is 0 Å². The molecule has 0 aliphatic carbocycles. The van der Waals surface area contributed by atoms with Gasteiger partial charge in [-0.2, -0.15) is 0 Å². The predicted octanol–water partition coefficient (Wildman–Crippen LogP) is 2.61. The molecule has 2 rings (SSSR count). The molecule has 0 aliphatic rings. The highest BCUT2D eigenvalue weighted by molar-refractivity contribution is 6.10. The van der Waals surface area contributed by atoms with E-state index in [1.54, 1.807) is 30.3 Å². The van der Waals surface area contributed by atoms with Crippen molar-refractivity contribution >= 4 is 5.78 Å². The molecule has 0 fully saturated rings. The Morgan fingerprint density at radius 2 is 1.81 bits per heavy atom. The van der Waals surface area contributed by atoms with Gasteiger partial charge in [-0.15, -0.1) is 0 Å². The molecule has 21 heavy (non-hydrogen) atoms. The quantitative estimate of drug-likeness (QED) is 0.654. The van der Waals surface area contributed by atoms with Gasteiger partial charge in [0.05, 0.1) is 12.7 Å². The highest BCUT2D eigenvalue weighted by Crippen LogP contribution is 2.27. The van der Waals surface area contributed by atoms with Gasteiger partial charge in [0.25, 0.3) is 0 Å². The van der Waals surface area contributed by atoms with Crippen LogP contribution in [0.4, 0.5) is 0 Å². The minimum absolute atomic E-state index is 0.0308. The maximum atomic E-state index is 12.5. The molecule has 0 saturated heterocycles. The van der Waals surface area contributed by atoms with E-state index in [9.17, 15) is 9.90 Å². The number of hydrogen-bond donors (Lipinski definition) is 1. The van der Waals surface area contributed by atoms with Crippen LogP contribution in [0.5, 0.6) is 17.2 Å². The van der Waals surface area contributed by atoms with Crippen molar-refractivity contribution in [1.82, 2.24) is 0 Å². The van der Waals surface area contributed by atoms with Crippen molar-refractivity contribution < 1.29 is 24.1 Å². The maximum Gasteiger partial charge on any atom is 0.196 e. The summed E-state index contributed by atoms with van der Waals surface area (Å²) in [6.45, 7) is 0.0308. The molecule has 0 aromatic heterocycles. The van der Waals surface area contributed by atoms with Crippen LogP contribution in [0.1, 0.15) is 15.9 Å². The summed E-state index contributed by atoms with van der Waals surface area (Å²) in [5.74, 6) is 0.874. The molecule has 2 aromatic carbocycles. The largest absolute Gasteiger partial charge is 0.508 e. The molecule has 110 valence electrons. The first kappa shape index (κ1) is 14.9. The molecule has 0 amide bonds. The Kier molecular flexibility index (Phi) is 4.79. The summed E-state index contributed by atoms with van der Waals surface area (Å²) < 4.78 is 15.4.